The summed E-state index contributed by atoms with van der Waals surface area (Å²) in [6.45, 7) is 0.310. The number of carboxylic acid groups (broad SMARTS) is 1. The number of hydrogen-bond acceptors (Lipinski definition) is 4. The Morgan fingerprint density at radius 2 is 2.00 bits per heavy atom. The number of benzene rings is 1. The van der Waals surface area contributed by atoms with Gasteiger partial charge in [-0.2, -0.15) is 0 Å². The molecule has 5 nitrogen and oxygen atoms in total. The van der Waals surface area contributed by atoms with Crippen LogP contribution >= 0.6 is 35.0 Å². The summed E-state index contributed by atoms with van der Waals surface area (Å²) < 4.78 is 0. The summed E-state index contributed by atoms with van der Waals surface area (Å²) in [5, 5.41) is 13.0. The molecule has 2 aromatic rings. The van der Waals surface area contributed by atoms with Gasteiger partial charge >= 0.3 is 5.97 Å². The standard InChI is InChI=1S/C15H12Cl2N2O3S/c16-11-4-3-9(6-12(11)17)7-19-13(20)8-23-14-10(15(21)22)2-1-5-18-14/h1-6H,7-8H2,(H,19,20)(H,21,22). The fraction of sp³-hybridized carbons (Fsp3) is 0.133. The van der Waals surface area contributed by atoms with Gasteiger partial charge in [0.05, 0.1) is 21.4 Å². The Labute approximate surface area is 147 Å². The number of thioether (sulfide) groups is 1. The lowest BCUT2D eigenvalue weighted by atomic mass is 10.2. The van der Waals surface area contributed by atoms with E-state index >= 15 is 0 Å². The van der Waals surface area contributed by atoms with Crippen molar-refractivity contribution in [3.8, 4) is 0 Å². The largest absolute Gasteiger partial charge is 0.478 e. The summed E-state index contributed by atoms with van der Waals surface area (Å²) in [4.78, 5) is 26.9. The van der Waals surface area contributed by atoms with Gasteiger partial charge in [-0.15, -0.1) is 0 Å². The van der Waals surface area contributed by atoms with Gasteiger partial charge < -0.3 is 10.4 Å². The highest BCUT2D eigenvalue weighted by molar-refractivity contribution is 8.00. The van der Waals surface area contributed by atoms with Gasteiger partial charge in [-0.25, -0.2) is 9.78 Å². The number of amides is 1. The maximum Gasteiger partial charge on any atom is 0.338 e. The van der Waals surface area contributed by atoms with Crippen LogP contribution in [0, 0.1) is 0 Å². The second-order valence-corrected chi connectivity index (χ2v) is 6.25. The zero-order valence-electron chi connectivity index (χ0n) is 11.8. The van der Waals surface area contributed by atoms with Crippen molar-refractivity contribution in [1.29, 1.82) is 0 Å². The number of carbonyl (C=O) groups excluding carboxylic acids is 1. The molecule has 0 aliphatic rings. The van der Waals surface area contributed by atoms with E-state index in [1.807, 2.05) is 0 Å². The van der Waals surface area contributed by atoms with E-state index in [0.29, 0.717) is 21.6 Å². The molecule has 0 aliphatic heterocycles. The van der Waals surface area contributed by atoms with Crippen LogP contribution in [-0.2, 0) is 11.3 Å². The Morgan fingerprint density at radius 1 is 1.22 bits per heavy atom. The predicted octanol–water partition coefficient (Wildman–Crippen LogP) is 3.50. The van der Waals surface area contributed by atoms with Gasteiger partial charge in [0.1, 0.15) is 5.03 Å². The van der Waals surface area contributed by atoms with Crippen LogP contribution in [0.2, 0.25) is 10.0 Å². The minimum atomic E-state index is -1.07. The third-order valence-electron chi connectivity index (χ3n) is 2.82. The van der Waals surface area contributed by atoms with Gasteiger partial charge in [-0.05, 0) is 29.8 Å². The number of hydrogen-bond donors (Lipinski definition) is 2. The van der Waals surface area contributed by atoms with Crippen molar-refractivity contribution in [2.75, 3.05) is 5.75 Å². The molecular formula is C15H12Cl2N2O3S. The lowest BCUT2D eigenvalue weighted by Gasteiger charge is -2.07. The van der Waals surface area contributed by atoms with Crippen molar-refractivity contribution in [2.45, 2.75) is 11.6 Å². The zero-order valence-corrected chi connectivity index (χ0v) is 14.1. The molecule has 0 atom stereocenters. The van der Waals surface area contributed by atoms with E-state index in [0.717, 1.165) is 17.3 Å². The van der Waals surface area contributed by atoms with Gasteiger partial charge in [0.15, 0.2) is 0 Å². The smallest absolute Gasteiger partial charge is 0.338 e. The molecule has 1 aromatic heterocycles. The Hall–Kier alpha value is -1.76. The second kappa shape index (κ2) is 8.19. The highest BCUT2D eigenvalue weighted by Crippen LogP contribution is 2.23. The van der Waals surface area contributed by atoms with Crippen molar-refractivity contribution in [3.63, 3.8) is 0 Å². The van der Waals surface area contributed by atoms with Crippen LogP contribution in [-0.4, -0.2) is 27.7 Å². The van der Waals surface area contributed by atoms with Gasteiger partial charge in [-0.1, -0.05) is 41.0 Å². The number of nitrogens with one attached hydrogen (secondary N) is 1. The molecule has 0 aliphatic carbocycles. The van der Waals surface area contributed by atoms with Gasteiger partial charge in [0.25, 0.3) is 0 Å². The maximum absolute atomic E-state index is 11.9. The predicted molar refractivity (Wildman–Crippen MR) is 90.2 cm³/mol. The SMILES string of the molecule is O=C(CSc1ncccc1C(=O)O)NCc1ccc(Cl)c(Cl)c1. The number of aromatic carboxylic acids is 1. The molecule has 2 rings (SSSR count). The van der Waals surface area contributed by atoms with Crippen LogP contribution in [0.1, 0.15) is 15.9 Å². The van der Waals surface area contributed by atoms with E-state index < -0.39 is 5.97 Å². The van der Waals surface area contributed by atoms with Crippen LogP contribution in [0.5, 0.6) is 0 Å². The summed E-state index contributed by atoms with van der Waals surface area (Å²) in [6, 6.07) is 8.10. The first-order valence-corrected chi connectivity index (χ1v) is 8.23. The van der Waals surface area contributed by atoms with Crippen LogP contribution in [0.25, 0.3) is 0 Å². The Morgan fingerprint density at radius 3 is 2.70 bits per heavy atom. The lowest BCUT2D eigenvalue weighted by molar-refractivity contribution is -0.118. The van der Waals surface area contributed by atoms with E-state index in [9.17, 15) is 9.59 Å². The van der Waals surface area contributed by atoms with E-state index in [1.54, 1.807) is 18.2 Å². The second-order valence-electron chi connectivity index (χ2n) is 4.48. The first kappa shape index (κ1) is 17.6. The monoisotopic (exact) mass is 370 g/mol. The molecule has 0 saturated heterocycles. The number of pyridine rings is 1. The molecule has 0 fully saturated rings. The van der Waals surface area contributed by atoms with E-state index in [2.05, 4.69) is 10.3 Å². The van der Waals surface area contributed by atoms with Crippen molar-refractivity contribution in [3.05, 3.63) is 57.7 Å². The molecule has 1 amide bonds. The Kier molecular flexibility index (Phi) is 6.27. The molecule has 0 radical (unpaired) electrons. The molecule has 2 N–H and O–H groups in total. The number of halogens is 2. The number of carboxylic acids is 1. The fourth-order valence-electron chi connectivity index (χ4n) is 1.70. The minimum absolute atomic E-state index is 0.0681. The quantitative estimate of drug-likeness (QED) is 0.760. The first-order valence-electron chi connectivity index (χ1n) is 6.49. The van der Waals surface area contributed by atoms with Crippen molar-refractivity contribution in [1.82, 2.24) is 10.3 Å². The number of aromatic nitrogens is 1. The maximum atomic E-state index is 11.9. The molecular weight excluding hydrogens is 359 g/mol. The number of carbonyl (C=O) groups is 2. The molecule has 1 aromatic carbocycles. The molecule has 0 saturated carbocycles. The lowest BCUT2D eigenvalue weighted by Crippen LogP contribution is -2.24. The van der Waals surface area contributed by atoms with Crippen molar-refractivity contribution < 1.29 is 14.7 Å². The summed E-state index contributed by atoms with van der Waals surface area (Å²) in [5.74, 6) is -1.24. The van der Waals surface area contributed by atoms with Gasteiger partial charge in [0.2, 0.25) is 5.91 Å². The zero-order chi connectivity index (χ0) is 16.8. The van der Waals surface area contributed by atoms with Gasteiger partial charge in [0, 0.05) is 12.7 Å². The number of nitrogens with zero attached hydrogens (tertiary/aromatic N) is 1. The highest BCUT2D eigenvalue weighted by Gasteiger charge is 2.12. The summed E-state index contributed by atoms with van der Waals surface area (Å²) >= 11 is 12.8. The van der Waals surface area contributed by atoms with E-state index in [4.69, 9.17) is 28.3 Å². The fourth-order valence-corrected chi connectivity index (χ4v) is 2.84. The molecule has 0 unspecified atom stereocenters. The minimum Gasteiger partial charge on any atom is -0.478 e. The molecule has 0 spiro atoms. The van der Waals surface area contributed by atoms with Crippen molar-refractivity contribution in [2.24, 2.45) is 0 Å². The van der Waals surface area contributed by atoms with E-state index in [1.165, 1.54) is 18.3 Å². The van der Waals surface area contributed by atoms with Crippen LogP contribution in [0.15, 0.2) is 41.6 Å². The summed E-state index contributed by atoms with van der Waals surface area (Å²) in [6.07, 6.45) is 1.49. The van der Waals surface area contributed by atoms with Crippen LogP contribution in [0.3, 0.4) is 0 Å². The number of rotatable bonds is 6. The average molecular weight is 371 g/mol. The van der Waals surface area contributed by atoms with Crippen LogP contribution in [0.4, 0.5) is 0 Å². The summed E-state index contributed by atoms with van der Waals surface area (Å²) in [5.41, 5.74) is 0.900. The Bertz CT molecular complexity index is 740. The third kappa shape index (κ3) is 5.13. The third-order valence-corrected chi connectivity index (χ3v) is 4.56. The summed E-state index contributed by atoms with van der Waals surface area (Å²) in [7, 11) is 0. The first-order chi connectivity index (χ1) is 11.0. The van der Waals surface area contributed by atoms with Crippen molar-refractivity contribution >= 4 is 46.8 Å². The highest BCUT2D eigenvalue weighted by atomic mass is 35.5. The average Bonchev–Trinajstić information content (AvgIpc) is 2.54. The van der Waals surface area contributed by atoms with Gasteiger partial charge in [-0.3, -0.25) is 4.79 Å². The van der Waals surface area contributed by atoms with E-state index in [-0.39, 0.29) is 17.2 Å². The molecule has 8 heteroatoms. The van der Waals surface area contributed by atoms with Crippen LogP contribution < -0.4 is 5.32 Å². The molecule has 0 bridgehead atoms. The topological polar surface area (TPSA) is 79.3 Å². The normalized spacial score (nSPS) is 10.3. The molecule has 120 valence electrons. The molecule has 1 heterocycles. The molecule has 23 heavy (non-hydrogen) atoms. The Balaban J connectivity index is 1.88.